The average molecular weight is 194 g/mol. The highest BCUT2D eigenvalue weighted by Gasteiger charge is 2.29. The topological polar surface area (TPSA) is 89.4 Å². The van der Waals surface area contributed by atoms with Gasteiger partial charge in [0, 0.05) is 11.6 Å². The lowest BCUT2D eigenvalue weighted by Crippen LogP contribution is -2.05. The number of nitro benzene ring substituents is 1. The summed E-state index contributed by atoms with van der Waals surface area (Å²) in [5.41, 5.74) is 6.95. The van der Waals surface area contributed by atoms with Crippen molar-refractivity contribution in [1.29, 1.82) is 0 Å². The maximum absolute atomic E-state index is 10.7. The monoisotopic (exact) mass is 194 g/mol. The number of fused-ring (bicyclic) bond motifs is 1. The van der Waals surface area contributed by atoms with Crippen molar-refractivity contribution < 1.29 is 10.0 Å². The fourth-order valence-corrected chi connectivity index (χ4v) is 1.91. The van der Waals surface area contributed by atoms with Crippen LogP contribution in [-0.2, 0) is 6.42 Å². The predicted molar refractivity (Wildman–Crippen MR) is 50.0 cm³/mol. The molecule has 1 aliphatic rings. The van der Waals surface area contributed by atoms with Gasteiger partial charge in [0.05, 0.1) is 4.92 Å². The van der Waals surface area contributed by atoms with Gasteiger partial charge in [-0.2, -0.15) is 0 Å². The number of phenols is 1. The molecule has 0 amide bonds. The summed E-state index contributed by atoms with van der Waals surface area (Å²) >= 11 is 0. The summed E-state index contributed by atoms with van der Waals surface area (Å²) in [4.78, 5) is 10.1. The van der Waals surface area contributed by atoms with Crippen molar-refractivity contribution in [2.24, 2.45) is 5.73 Å². The summed E-state index contributed by atoms with van der Waals surface area (Å²) in [5, 5.41) is 20.0. The molecule has 0 bridgehead atoms. The molecule has 0 spiro atoms. The maximum atomic E-state index is 10.7. The van der Waals surface area contributed by atoms with Gasteiger partial charge < -0.3 is 10.8 Å². The molecule has 3 N–H and O–H groups in total. The second-order valence-corrected chi connectivity index (χ2v) is 3.40. The Morgan fingerprint density at radius 1 is 1.57 bits per heavy atom. The Bertz CT molecular complexity index is 403. The molecule has 74 valence electrons. The van der Waals surface area contributed by atoms with Crippen LogP contribution in [0, 0.1) is 10.1 Å². The molecule has 1 atom stereocenters. The number of hydrogen-bond donors (Lipinski definition) is 2. The highest BCUT2D eigenvalue weighted by atomic mass is 16.6. The van der Waals surface area contributed by atoms with Crippen LogP contribution in [0.1, 0.15) is 23.6 Å². The van der Waals surface area contributed by atoms with Crippen molar-refractivity contribution >= 4 is 5.69 Å². The first-order chi connectivity index (χ1) is 6.61. The van der Waals surface area contributed by atoms with Crippen LogP contribution in [0.4, 0.5) is 5.69 Å². The van der Waals surface area contributed by atoms with Gasteiger partial charge in [0.15, 0.2) is 5.75 Å². The summed E-state index contributed by atoms with van der Waals surface area (Å²) in [6, 6.07) is 2.86. The second-order valence-electron chi connectivity index (χ2n) is 3.40. The molecule has 0 saturated heterocycles. The SMILES string of the molecule is NC1CCc2c1ccc(O)c2[N+](=O)[O-]. The molecule has 5 nitrogen and oxygen atoms in total. The molecular formula is C9H10N2O3. The molecule has 0 fully saturated rings. The van der Waals surface area contributed by atoms with Crippen molar-refractivity contribution in [3.05, 3.63) is 33.4 Å². The molecule has 5 heteroatoms. The van der Waals surface area contributed by atoms with Crippen LogP contribution in [0.5, 0.6) is 5.75 Å². The molecule has 1 unspecified atom stereocenters. The lowest BCUT2D eigenvalue weighted by atomic mass is 10.1. The lowest BCUT2D eigenvalue weighted by Gasteiger charge is -2.05. The first-order valence-electron chi connectivity index (χ1n) is 4.36. The van der Waals surface area contributed by atoms with E-state index in [0.717, 1.165) is 5.56 Å². The number of hydrogen-bond acceptors (Lipinski definition) is 4. The number of rotatable bonds is 1. The van der Waals surface area contributed by atoms with E-state index in [1.807, 2.05) is 0 Å². The lowest BCUT2D eigenvalue weighted by molar-refractivity contribution is -0.386. The summed E-state index contributed by atoms with van der Waals surface area (Å²) in [6.07, 6.45) is 1.28. The zero-order chi connectivity index (χ0) is 10.3. The van der Waals surface area contributed by atoms with E-state index in [-0.39, 0.29) is 17.5 Å². The van der Waals surface area contributed by atoms with Gasteiger partial charge in [-0.15, -0.1) is 0 Å². The van der Waals surface area contributed by atoms with Crippen molar-refractivity contribution in [3.63, 3.8) is 0 Å². The van der Waals surface area contributed by atoms with E-state index in [1.165, 1.54) is 6.07 Å². The first kappa shape index (κ1) is 8.96. The molecule has 0 aromatic heterocycles. The van der Waals surface area contributed by atoms with E-state index in [1.54, 1.807) is 6.07 Å². The van der Waals surface area contributed by atoms with Gasteiger partial charge in [0.2, 0.25) is 0 Å². The van der Waals surface area contributed by atoms with Crippen LogP contribution < -0.4 is 5.73 Å². The minimum atomic E-state index is -0.549. The summed E-state index contributed by atoms with van der Waals surface area (Å²) < 4.78 is 0. The number of nitrogens with zero attached hydrogens (tertiary/aromatic N) is 1. The van der Waals surface area contributed by atoms with Gasteiger partial charge in [0.25, 0.3) is 0 Å². The van der Waals surface area contributed by atoms with Gasteiger partial charge >= 0.3 is 5.69 Å². The van der Waals surface area contributed by atoms with Crippen LogP contribution in [0.2, 0.25) is 0 Å². The Morgan fingerprint density at radius 2 is 2.29 bits per heavy atom. The van der Waals surface area contributed by atoms with E-state index in [0.29, 0.717) is 18.4 Å². The van der Waals surface area contributed by atoms with Gasteiger partial charge in [-0.1, -0.05) is 6.07 Å². The smallest absolute Gasteiger partial charge is 0.314 e. The van der Waals surface area contributed by atoms with E-state index in [2.05, 4.69) is 0 Å². The van der Waals surface area contributed by atoms with E-state index in [4.69, 9.17) is 5.73 Å². The van der Waals surface area contributed by atoms with Crippen molar-refractivity contribution in [1.82, 2.24) is 0 Å². The molecule has 14 heavy (non-hydrogen) atoms. The number of aromatic hydroxyl groups is 1. The Morgan fingerprint density at radius 3 is 2.93 bits per heavy atom. The van der Waals surface area contributed by atoms with Crippen LogP contribution in [0.3, 0.4) is 0 Å². The van der Waals surface area contributed by atoms with Gasteiger partial charge in [0.1, 0.15) is 0 Å². The maximum Gasteiger partial charge on any atom is 0.314 e. The number of benzene rings is 1. The molecule has 1 aromatic carbocycles. The number of nitro groups is 1. The quantitative estimate of drug-likeness (QED) is 0.520. The number of phenolic OH excluding ortho intramolecular Hbond substituents is 1. The molecule has 1 aliphatic carbocycles. The largest absolute Gasteiger partial charge is 0.502 e. The van der Waals surface area contributed by atoms with Crippen LogP contribution >= 0.6 is 0 Å². The van der Waals surface area contributed by atoms with Crippen molar-refractivity contribution in [2.75, 3.05) is 0 Å². The van der Waals surface area contributed by atoms with Crippen molar-refractivity contribution in [2.45, 2.75) is 18.9 Å². The molecule has 0 radical (unpaired) electrons. The van der Waals surface area contributed by atoms with E-state index >= 15 is 0 Å². The fraction of sp³-hybridized carbons (Fsp3) is 0.333. The van der Waals surface area contributed by atoms with Crippen LogP contribution in [-0.4, -0.2) is 10.0 Å². The van der Waals surface area contributed by atoms with E-state index < -0.39 is 4.92 Å². The minimum absolute atomic E-state index is 0.135. The molecular weight excluding hydrogens is 184 g/mol. The average Bonchev–Trinajstić information content (AvgIpc) is 2.47. The molecule has 2 rings (SSSR count). The Hall–Kier alpha value is -1.62. The summed E-state index contributed by atoms with van der Waals surface area (Å²) in [7, 11) is 0. The second kappa shape index (κ2) is 2.95. The highest BCUT2D eigenvalue weighted by molar-refractivity contribution is 5.57. The fourth-order valence-electron chi connectivity index (χ4n) is 1.91. The van der Waals surface area contributed by atoms with Gasteiger partial charge in [-0.3, -0.25) is 10.1 Å². The van der Waals surface area contributed by atoms with E-state index in [9.17, 15) is 15.2 Å². The normalized spacial score (nSPS) is 19.4. The van der Waals surface area contributed by atoms with Crippen LogP contribution in [0.15, 0.2) is 12.1 Å². The Kier molecular flexibility index (Phi) is 1.89. The molecule has 1 aromatic rings. The van der Waals surface area contributed by atoms with Gasteiger partial charge in [-0.25, -0.2) is 0 Å². The first-order valence-corrected chi connectivity index (χ1v) is 4.36. The zero-order valence-corrected chi connectivity index (χ0v) is 7.43. The third kappa shape index (κ3) is 1.13. The van der Waals surface area contributed by atoms with Crippen LogP contribution in [0.25, 0.3) is 0 Å². The Balaban J connectivity index is 2.65. The molecule has 0 heterocycles. The summed E-state index contributed by atoms with van der Waals surface area (Å²) in [6.45, 7) is 0. The number of nitrogens with two attached hydrogens (primary N) is 1. The van der Waals surface area contributed by atoms with Gasteiger partial charge in [-0.05, 0) is 24.5 Å². The standard InChI is InChI=1S/C9H10N2O3/c10-7-3-1-6-5(7)2-4-8(12)9(6)11(13)14/h2,4,7,12H,1,3,10H2. The highest BCUT2D eigenvalue weighted by Crippen LogP contribution is 2.40. The minimum Gasteiger partial charge on any atom is -0.502 e. The third-order valence-corrected chi connectivity index (χ3v) is 2.59. The zero-order valence-electron chi connectivity index (χ0n) is 7.43. The predicted octanol–water partition coefficient (Wildman–Crippen LogP) is 1.25. The van der Waals surface area contributed by atoms with Crippen molar-refractivity contribution in [3.8, 4) is 5.75 Å². The Labute approximate surface area is 80.3 Å². The summed E-state index contributed by atoms with van der Waals surface area (Å²) in [5.74, 6) is -0.275. The molecule has 0 saturated carbocycles. The third-order valence-electron chi connectivity index (χ3n) is 2.59. The molecule has 0 aliphatic heterocycles.